The van der Waals surface area contributed by atoms with Gasteiger partial charge in [0, 0.05) is 5.56 Å². The molecule has 0 saturated heterocycles. The molecule has 0 bridgehead atoms. The smallest absolute Gasteiger partial charge is 0.264 e. The highest BCUT2D eigenvalue weighted by Crippen LogP contribution is 2.24. The third kappa shape index (κ3) is 1.26. The second kappa shape index (κ2) is 2.76. The molecule has 0 radical (unpaired) electrons. The van der Waals surface area contributed by atoms with Gasteiger partial charge in [-0.25, -0.2) is 18.2 Å². The molecule has 1 aromatic heterocycles. The van der Waals surface area contributed by atoms with E-state index in [1.165, 1.54) is 12.4 Å². The standard InChI is InChI=1S/C8H5F3N2/c9-5-1-4(8(10)11)2-6-7(5)13-3-12-6/h1-3,8H,(H,12,13). The second-order valence-corrected chi connectivity index (χ2v) is 2.60. The summed E-state index contributed by atoms with van der Waals surface area (Å²) in [5.74, 6) is -0.728. The van der Waals surface area contributed by atoms with Crippen molar-refractivity contribution in [3.63, 3.8) is 0 Å². The van der Waals surface area contributed by atoms with Crippen LogP contribution in [-0.4, -0.2) is 9.97 Å². The van der Waals surface area contributed by atoms with Crippen LogP contribution < -0.4 is 0 Å². The lowest BCUT2D eigenvalue weighted by Gasteiger charge is -1.99. The molecule has 0 atom stereocenters. The third-order valence-electron chi connectivity index (χ3n) is 1.75. The van der Waals surface area contributed by atoms with E-state index in [4.69, 9.17) is 0 Å². The Morgan fingerprint density at radius 1 is 1.31 bits per heavy atom. The van der Waals surface area contributed by atoms with Gasteiger partial charge >= 0.3 is 0 Å². The summed E-state index contributed by atoms with van der Waals surface area (Å²) in [5.41, 5.74) is 0.0361. The molecular formula is C8H5F3N2. The number of alkyl halides is 2. The third-order valence-corrected chi connectivity index (χ3v) is 1.75. The van der Waals surface area contributed by atoms with E-state index in [2.05, 4.69) is 9.97 Å². The van der Waals surface area contributed by atoms with Crippen molar-refractivity contribution in [1.29, 1.82) is 0 Å². The zero-order valence-corrected chi connectivity index (χ0v) is 6.39. The van der Waals surface area contributed by atoms with Gasteiger partial charge in [0.25, 0.3) is 6.43 Å². The van der Waals surface area contributed by atoms with Crippen LogP contribution in [0.1, 0.15) is 12.0 Å². The summed E-state index contributed by atoms with van der Waals surface area (Å²) in [4.78, 5) is 6.21. The van der Waals surface area contributed by atoms with E-state index in [1.54, 1.807) is 0 Å². The lowest BCUT2D eigenvalue weighted by molar-refractivity contribution is 0.151. The molecule has 1 heterocycles. The van der Waals surface area contributed by atoms with Gasteiger partial charge < -0.3 is 4.98 Å². The highest BCUT2D eigenvalue weighted by atomic mass is 19.3. The average molecular weight is 186 g/mol. The number of halogens is 3. The molecule has 0 amide bonds. The van der Waals surface area contributed by atoms with E-state index < -0.39 is 12.2 Å². The van der Waals surface area contributed by atoms with Crippen LogP contribution in [0.4, 0.5) is 13.2 Å². The van der Waals surface area contributed by atoms with Crippen LogP contribution in [0.2, 0.25) is 0 Å². The SMILES string of the molecule is Fc1cc(C(F)F)cc2[nH]cnc12. The summed E-state index contributed by atoms with van der Waals surface area (Å²) < 4.78 is 37.4. The summed E-state index contributed by atoms with van der Waals surface area (Å²) in [6, 6.07) is 1.99. The predicted octanol–water partition coefficient (Wildman–Crippen LogP) is 2.64. The fourth-order valence-electron chi connectivity index (χ4n) is 1.15. The molecule has 0 fully saturated rings. The van der Waals surface area contributed by atoms with E-state index in [-0.39, 0.29) is 16.6 Å². The lowest BCUT2D eigenvalue weighted by atomic mass is 10.2. The van der Waals surface area contributed by atoms with Crippen LogP contribution in [0.15, 0.2) is 18.5 Å². The Bertz CT molecular complexity index is 436. The Morgan fingerprint density at radius 2 is 2.08 bits per heavy atom. The summed E-state index contributed by atoms with van der Waals surface area (Å²) in [5, 5.41) is 0. The lowest BCUT2D eigenvalue weighted by Crippen LogP contribution is -1.87. The van der Waals surface area contributed by atoms with Gasteiger partial charge in [0.2, 0.25) is 0 Å². The molecule has 13 heavy (non-hydrogen) atoms. The number of hydrogen-bond acceptors (Lipinski definition) is 1. The first-order chi connectivity index (χ1) is 6.18. The van der Waals surface area contributed by atoms with Crippen LogP contribution in [0.5, 0.6) is 0 Å². The number of imidazole rings is 1. The number of aromatic nitrogens is 2. The number of nitrogens with zero attached hydrogens (tertiary/aromatic N) is 1. The Balaban J connectivity index is 2.70. The van der Waals surface area contributed by atoms with Crippen LogP contribution in [-0.2, 0) is 0 Å². The largest absolute Gasteiger partial charge is 0.344 e. The van der Waals surface area contributed by atoms with Crippen LogP contribution in [0.25, 0.3) is 11.0 Å². The zero-order chi connectivity index (χ0) is 9.42. The molecule has 0 aliphatic rings. The summed E-state index contributed by atoms with van der Waals surface area (Å²) in [6.07, 6.45) is -1.40. The second-order valence-electron chi connectivity index (χ2n) is 2.60. The summed E-state index contributed by atoms with van der Waals surface area (Å²) in [7, 11) is 0. The minimum absolute atomic E-state index is 0.0874. The van der Waals surface area contributed by atoms with Gasteiger partial charge in [0.05, 0.1) is 11.8 Å². The maximum absolute atomic E-state index is 13.0. The van der Waals surface area contributed by atoms with Crippen LogP contribution in [0.3, 0.4) is 0 Å². The van der Waals surface area contributed by atoms with Gasteiger partial charge in [-0.05, 0) is 12.1 Å². The van der Waals surface area contributed by atoms with Gasteiger partial charge in [0.1, 0.15) is 5.52 Å². The Hall–Kier alpha value is -1.52. The van der Waals surface area contributed by atoms with Crippen molar-refractivity contribution >= 4 is 11.0 Å². The van der Waals surface area contributed by atoms with Gasteiger partial charge in [-0.15, -0.1) is 0 Å². The number of benzene rings is 1. The number of hydrogen-bond donors (Lipinski definition) is 1. The van der Waals surface area contributed by atoms with Crippen molar-refractivity contribution in [1.82, 2.24) is 9.97 Å². The first-order valence-electron chi connectivity index (χ1n) is 3.59. The predicted molar refractivity (Wildman–Crippen MR) is 41.0 cm³/mol. The number of aromatic amines is 1. The van der Waals surface area contributed by atoms with E-state index in [9.17, 15) is 13.2 Å². The zero-order valence-electron chi connectivity index (χ0n) is 6.39. The number of H-pyrrole nitrogens is 1. The summed E-state index contributed by atoms with van der Waals surface area (Å²) >= 11 is 0. The molecule has 0 saturated carbocycles. The molecule has 5 heteroatoms. The van der Waals surface area contributed by atoms with Gasteiger partial charge in [-0.3, -0.25) is 0 Å². The number of rotatable bonds is 1. The first kappa shape index (κ1) is 8.10. The molecular weight excluding hydrogens is 181 g/mol. The van der Waals surface area contributed by atoms with E-state index >= 15 is 0 Å². The topological polar surface area (TPSA) is 28.7 Å². The highest BCUT2D eigenvalue weighted by Gasteiger charge is 2.12. The average Bonchev–Trinajstić information content (AvgIpc) is 2.51. The highest BCUT2D eigenvalue weighted by molar-refractivity contribution is 5.75. The first-order valence-corrected chi connectivity index (χ1v) is 3.59. The fourth-order valence-corrected chi connectivity index (χ4v) is 1.15. The maximum Gasteiger partial charge on any atom is 0.264 e. The van der Waals surface area contributed by atoms with Crippen molar-refractivity contribution in [3.8, 4) is 0 Å². The van der Waals surface area contributed by atoms with Crippen LogP contribution in [0, 0.1) is 5.82 Å². The normalized spacial score (nSPS) is 11.4. The van der Waals surface area contributed by atoms with Crippen molar-refractivity contribution in [2.45, 2.75) is 6.43 Å². The Labute approximate surface area is 71.4 Å². The molecule has 0 unspecified atom stereocenters. The molecule has 1 aromatic carbocycles. The molecule has 68 valence electrons. The van der Waals surface area contributed by atoms with Gasteiger partial charge in [0.15, 0.2) is 5.82 Å². The minimum Gasteiger partial charge on any atom is -0.344 e. The molecule has 0 aliphatic carbocycles. The molecule has 2 rings (SSSR count). The molecule has 2 nitrogen and oxygen atoms in total. The molecule has 0 spiro atoms. The van der Waals surface area contributed by atoms with Gasteiger partial charge in [-0.1, -0.05) is 0 Å². The van der Waals surface area contributed by atoms with Crippen molar-refractivity contribution < 1.29 is 13.2 Å². The van der Waals surface area contributed by atoms with Crippen molar-refractivity contribution in [2.75, 3.05) is 0 Å². The molecule has 0 aliphatic heterocycles. The number of nitrogens with one attached hydrogen (secondary N) is 1. The van der Waals surface area contributed by atoms with E-state index in [1.807, 2.05) is 0 Å². The molecule has 2 aromatic rings. The Kier molecular flexibility index (Phi) is 1.72. The number of fused-ring (bicyclic) bond motifs is 1. The maximum atomic E-state index is 13.0. The Morgan fingerprint density at radius 3 is 2.77 bits per heavy atom. The van der Waals surface area contributed by atoms with Gasteiger partial charge in [-0.2, -0.15) is 0 Å². The van der Waals surface area contributed by atoms with Crippen LogP contribution >= 0.6 is 0 Å². The fraction of sp³-hybridized carbons (Fsp3) is 0.125. The van der Waals surface area contributed by atoms with E-state index in [0.29, 0.717) is 0 Å². The van der Waals surface area contributed by atoms with Crippen molar-refractivity contribution in [2.24, 2.45) is 0 Å². The van der Waals surface area contributed by atoms with E-state index in [0.717, 1.165) is 6.07 Å². The quantitative estimate of drug-likeness (QED) is 0.728. The summed E-state index contributed by atoms with van der Waals surface area (Å²) in [6.45, 7) is 0. The monoisotopic (exact) mass is 186 g/mol. The molecule has 1 N–H and O–H groups in total. The minimum atomic E-state index is -2.66. The van der Waals surface area contributed by atoms with Crippen molar-refractivity contribution in [3.05, 3.63) is 29.8 Å².